The number of fused-ring (bicyclic) bond motifs is 1. The molecule has 1 unspecified atom stereocenters. The molecular formula is C20H21ClN2O2S. The number of amides is 2. The summed E-state index contributed by atoms with van der Waals surface area (Å²) in [6.07, 6.45) is 1.87. The second kappa shape index (κ2) is 7.05. The molecule has 0 saturated carbocycles. The van der Waals surface area contributed by atoms with Crippen LogP contribution in [0.4, 0.5) is 0 Å². The van der Waals surface area contributed by atoms with E-state index in [1.54, 1.807) is 0 Å². The van der Waals surface area contributed by atoms with Gasteiger partial charge in [-0.05, 0) is 47.4 Å². The van der Waals surface area contributed by atoms with Gasteiger partial charge in [0.2, 0.25) is 5.91 Å². The lowest BCUT2D eigenvalue weighted by Crippen LogP contribution is -2.54. The highest BCUT2D eigenvalue weighted by Gasteiger charge is 2.38. The van der Waals surface area contributed by atoms with Crippen molar-refractivity contribution in [2.45, 2.75) is 37.6 Å². The molecule has 2 amide bonds. The quantitative estimate of drug-likeness (QED) is 0.844. The van der Waals surface area contributed by atoms with Gasteiger partial charge in [0.25, 0.3) is 5.91 Å². The summed E-state index contributed by atoms with van der Waals surface area (Å²) in [6, 6.07) is 7.53. The van der Waals surface area contributed by atoms with Crippen LogP contribution in [0.3, 0.4) is 0 Å². The third-order valence-corrected chi connectivity index (χ3v) is 6.64. The largest absolute Gasteiger partial charge is 0.341 e. The Morgan fingerprint density at radius 1 is 1.19 bits per heavy atom. The number of hydrogen-bond acceptors (Lipinski definition) is 3. The summed E-state index contributed by atoms with van der Waals surface area (Å²) in [5.41, 5.74) is 2.99. The molecular weight excluding hydrogens is 368 g/mol. The number of benzene rings is 1. The van der Waals surface area contributed by atoms with Crippen LogP contribution in [0.2, 0.25) is 5.02 Å². The van der Waals surface area contributed by atoms with Crippen LogP contribution in [0.15, 0.2) is 35.0 Å². The van der Waals surface area contributed by atoms with Crippen molar-refractivity contribution in [3.05, 3.63) is 56.7 Å². The van der Waals surface area contributed by atoms with Gasteiger partial charge in [-0.15, -0.1) is 0 Å². The standard InChI is InChI=1S/C20H21ClN2O2S/c1-12-16-10-26-11-17(16)19(24)22-18(12)20(25)23-8-6-14(7-9-23)13-2-4-15(21)5-3-13/h2-5,10-12,14,18H,6-9H2,1H3,(H,22,24)/t12?,18-/m1/s1. The van der Waals surface area contributed by atoms with Gasteiger partial charge in [-0.25, -0.2) is 0 Å². The fourth-order valence-electron chi connectivity index (χ4n) is 4.01. The maximum Gasteiger partial charge on any atom is 0.253 e. The number of halogens is 1. The molecule has 3 heterocycles. The maximum atomic E-state index is 13.0. The highest BCUT2D eigenvalue weighted by molar-refractivity contribution is 7.08. The molecule has 0 radical (unpaired) electrons. The van der Waals surface area contributed by atoms with Crippen LogP contribution in [0.25, 0.3) is 0 Å². The second-order valence-corrected chi connectivity index (χ2v) is 8.31. The van der Waals surface area contributed by atoms with E-state index >= 15 is 0 Å². The molecule has 0 aliphatic carbocycles. The molecule has 6 heteroatoms. The number of carbonyl (C=O) groups excluding carboxylic acids is 2. The summed E-state index contributed by atoms with van der Waals surface area (Å²) in [7, 11) is 0. The summed E-state index contributed by atoms with van der Waals surface area (Å²) in [5, 5.41) is 7.52. The molecule has 4 rings (SSSR count). The Hall–Kier alpha value is -1.85. The van der Waals surface area contributed by atoms with E-state index in [0.29, 0.717) is 11.5 Å². The van der Waals surface area contributed by atoms with Gasteiger partial charge in [0.1, 0.15) is 6.04 Å². The van der Waals surface area contributed by atoms with Crippen LogP contribution in [0.1, 0.15) is 53.1 Å². The number of nitrogens with zero attached hydrogens (tertiary/aromatic N) is 1. The number of hydrogen-bond donors (Lipinski definition) is 1. The van der Waals surface area contributed by atoms with Gasteiger partial charge in [0, 0.05) is 29.4 Å². The average molecular weight is 389 g/mol. The average Bonchev–Trinajstić information content (AvgIpc) is 3.16. The number of rotatable bonds is 2. The number of likely N-dealkylation sites (tertiary alicyclic amines) is 1. The van der Waals surface area contributed by atoms with Crippen LogP contribution in [-0.4, -0.2) is 35.8 Å². The van der Waals surface area contributed by atoms with E-state index in [2.05, 4.69) is 17.4 Å². The molecule has 1 aromatic heterocycles. The third-order valence-electron chi connectivity index (χ3n) is 5.63. The first-order chi connectivity index (χ1) is 12.5. The zero-order valence-corrected chi connectivity index (χ0v) is 16.1. The number of nitrogens with one attached hydrogen (secondary N) is 1. The molecule has 2 atom stereocenters. The Kier molecular flexibility index (Phi) is 4.76. The Morgan fingerprint density at radius 3 is 2.58 bits per heavy atom. The van der Waals surface area contributed by atoms with Gasteiger partial charge < -0.3 is 10.2 Å². The highest BCUT2D eigenvalue weighted by atomic mass is 35.5. The van der Waals surface area contributed by atoms with Gasteiger partial charge in [-0.2, -0.15) is 11.3 Å². The van der Waals surface area contributed by atoms with Crippen molar-refractivity contribution >= 4 is 34.8 Å². The lowest BCUT2D eigenvalue weighted by molar-refractivity contribution is -0.134. The van der Waals surface area contributed by atoms with Gasteiger partial charge >= 0.3 is 0 Å². The van der Waals surface area contributed by atoms with Crippen molar-refractivity contribution in [2.24, 2.45) is 0 Å². The van der Waals surface area contributed by atoms with E-state index in [1.165, 1.54) is 16.9 Å². The minimum atomic E-state index is -0.461. The molecule has 1 aromatic carbocycles. The van der Waals surface area contributed by atoms with E-state index in [9.17, 15) is 9.59 Å². The Bertz CT molecular complexity index is 825. The van der Waals surface area contributed by atoms with Crippen molar-refractivity contribution < 1.29 is 9.59 Å². The molecule has 0 bridgehead atoms. The van der Waals surface area contributed by atoms with E-state index in [4.69, 9.17) is 11.6 Å². The topological polar surface area (TPSA) is 49.4 Å². The van der Waals surface area contributed by atoms with Gasteiger partial charge in [-0.1, -0.05) is 30.7 Å². The van der Waals surface area contributed by atoms with E-state index < -0.39 is 6.04 Å². The minimum absolute atomic E-state index is 0.00967. The minimum Gasteiger partial charge on any atom is -0.341 e. The smallest absolute Gasteiger partial charge is 0.253 e. The zero-order chi connectivity index (χ0) is 18.3. The van der Waals surface area contributed by atoms with Crippen molar-refractivity contribution in [2.75, 3.05) is 13.1 Å². The molecule has 26 heavy (non-hydrogen) atoms. The van der Waals surface area contributed by atoms with Gasteiger partial charge in [-0.3, -0.25) is 9.59 Å². The predicted octanol–water partition coefficient (Wildman–Crippen LogP) is 4.02. The van der Waals surface area contributed by atoms with E-state index in [0.717, 1.165) is 36.5 Å². The van der Waals surface area contributed by atoms with E-state index in [-0.39, 0.29) is 17.7 Å². The van der Waals surface area contributed by atoms with Crippen molar-refractivity contribution in [1.29, 1.82) is 0 Å². The fourth-order valence-corrected chi connectivity index (χ4v) is 5.07. The molecule has 4 nitrogen and oxygen atoms in total. The van der Waals surface area contributed by atoms with Crippen LogP contribution in [0, 0.1) is 0 Å². The Labute approximate surface area is 162 Å². The van der Waals surface area contributed by atoms with Crippen molar-refractivity contribution in [3.63, 3.8) is 0 Å². The zero-order valence-electron chi connectivity index (χ0n) is 14.6. The number of carbonyl (C=O) groups is 2. The molecule has 136 valence electrons. The van der Waals surface area contributed by atoms with Crippen molar-refractivity contribution in [3.8, 4) is 0 Å². The summed E-state index contributed by atoms with van der Waals surface area (Å²) in [4.78, 5) is 27.2. The maximum absolute atomic E-state index is 13.0. The first-order valence-corrected chi connectivity index (χ1v) is 10.3. The summed E-state index contributed by atoms with van der Waals surface area (Å²) >= 11 is 7.48. The normalized spacial score (nSPS) is 23.5. The van der Waals surface area contributed by atoms with Crippen LogP contribution in [-0.2, 0) is 4.79 Å². The lowest BCUT2D eigenvalue weighted by Gasteiger charge is -2.37. The van der Waals surface area contributed by atoms with E-state index in [1.807, 2.05) is 34.7 Å². The number of thiophene rings is 1. The lowest BCUT2D eigenvalue weighted by atomic mass is 9.86. The van der Waals surface area contributed by atoms with Crippen molar-refractivity contribution in [1.82, 2.24) is 10.2 Å². The number of piperidine rings is 1. The molecule has 2 aliphatic rings. The summed E-state index contributed by atoms with van der Waals surface area (Å²) in [6.45, 7) is 3.47. The third kappa shape index (κ3) is 3.14. The monoisotopic (exact) mass is 388 g/mol. The Balaban J connectivity index is 1.42. The molecule has 2 aliphatic heterocycles. The highest BCUT2D eigenvalue weighted by Crippen LogP contribution is 2.33. The summed E-state index contributed by atoms with van der Waals surface area (Å²) in [5.74, 6) is 0.375. The molecule has 2 aromatic rings. The molecule has 0 spiro atoms. The molecule has 1 fully saturated rings. The molecule has 1 N–H and O–H groups in total. The SMILES string of the molecule is CC1c2cscc2C(=O)N[C@H]1C(=O)N1CCC(c2ccc(Cl)cc2)CC1. The second-order valence-electron chi connectivity index (χ2n) is 7.13. The van der Waals surface area contributed by atoms with Crippen LogP contribution < -0.4 is 5.32 Å². The first kappa shape index (κ1) is 17.6. The fraction of sp³-hybridized carbons (Fsp3) is 0.400. The van der Waals surface area contributed by atoms with Gasteiger partial charge in [0.15, 0.2) is 0 Å². The summed E-state index contributed by atoms with van der Waals surface area (Å²) < 4.78 is 0. The molecule has 1 saturated heterocycles. The Morgan fingerprint density at radius 2 is 1.88 bits per heavy atom. The van der Waals surface area contributed by atoms with Gasteiger partial charge in [0.05, 0.1) is 5.56 Å². The predicted molar refractivity (Wildman–Crippen MR) is 104 cm³/mol. The van der Waals surface area contributed by atoms with Crippen LogP contribution >= 0.6 is 22.9 Å². The first-order valence-electron chi connectivity index (χ1n) is 8.96. The van der Waals surface area contributed by atoms with Crippen LogP contribution in [0.5, 0.6) is 0 Å².